The van der Waals surface area contributed by atoms with Gasteiger partial charge < -0.3 is 4.74 Å². The number of benzene rings is 1. The highest BCUT2D eigenvalue weighted by Crippen LogP contribution is 2.26. The van der Waals surface area contributed by atoms with E-state index in [1.807, 2.05) is 30.3 Å². The van der Waals surface area contributed by atoms with Gasteiger partial charge in [0.2, 0.25) is 0 Å². The van der Waals surface area contributed by atoms with E-state index in [2.05, 4.69) is 5.32 Å². The molecule has 1 aliphatic heterocycles. The van der Waals surface area contributed by atoms with Crippen molar-refractivity contribution in [2.75, 3.05) is 13.2 Å². The van der Waals surface area contributed by atoms with Gasteiger partial charge in [-0.2, -0.15) is 0 Å². The minimum absolute atomic E-state index is 0.114. The summed E-state index contributed by atoms with van der Waals surface area (Å²) >= 11 is 0. The van der Waals surface area contributed by atoms with Gasteiger partial charge in [-0.15, -0.1) is 0 Å². The molecule has 0 aromatic heterocycles. The minimum Gasteiger partial charge on any atom is -0.494 e. The summed E-state index contributed by atoms with van der Waals surface area (Å²) < 4.78 is 5.49. The van der Waals surface area contributed by atoms with Crippen molar-refractivity contribution in [3.05, 3.63) is 41.2 Å². The number of fused-ring (bicyclic) bond motifs is 2. The second-order valence-corrected chi connectivity index (χ2v) is 3.73. The summed E-state index contributed by atoms with van der Waals surface area (Å²) in [6.07, 6.45) is 1.95. The first-order valence-corrected chi connectivity index (χ1v) is 5.07. The van der Waals surface area contributed by atoms with Gasteiger partial charge in [-0.3, -0.25) is 10.1 Å². The van der Waals surface area contributed by atoms with Gasteiger partial charge in [0.25, 0.3) is 0 Å². The molecule has 1 atom stereocenters. The summed E-state index contributed by atoms with van der Waals surface area (Å²) in [5, 5.41) is 3.17. The lowest BCUT2D eigenvalue weighted by atomic mass is 9.91. The zero-order chi connectivity index (χ0) is 10.3. The highest BCUT2D eigenvalue weighted by atomic mass is 16.5. The topological polar surface area (TPSA) is 38.3 Å². The smallest absolute Gasteiger partial charge is 0.188 e. The van der Waals surface area contributed by atoms with Crippen LogP contribution in [0.3, 0.4) is 0 Å². The van der Waals surface area contributed by atoms with E-state index in [9.17, 15) is 4.79 Å². The van der Waals surface area contributed by atoms with Crippen molar-refractivity contribution in [1.29, 1.82) is 0 Å². The average molecular weight is 201 g/mol. The number of rotatable bonds is 0. The van der Waals surface area contributed by atoms with E-state index in [1.54, 1.807) is 0 Å². The Kier molecular flexibility index (Phi) is 1.86. The number of hydrogen-bond acceptors (Lipinski definition) is 3. The average Bonchev–Trinajstić information content (AvgIpc) is 2.30. The largest absolute Gasteiger partial charge is 0.494 e. The maximum Gasteiger partial charge on any atom is 0.188 e. The summed E-state index contributed by atoms with van der Waals surface area (Å²) in [7, 11) is 0. The van der Waals surface area contributed by atoms with Crippen LogP contribution in [0.5, 0.6) is 0 Å². The molecule has 0 saturated carbocycles. The summed E-state index contributed by atoms with van der Waals surface area (Å²) in [6.45, 7) is 1.37. The summed E-state index contributed by atoms with van der Waals surface area (Å²) in [4.78, 5) is 12.1. The fourth-order valence-electron chi connectivity index (χ4n) is 2.06. The van der Waals surface area contributed by atoms with Gasteiger partial charge >= 0.3 is 0 Å². The molecule has 1 heterocycles. The molecule has 1 aromatic rings. The number of carbonyl (C=O) groups excluding carboxylic acids is 1. The quantitative estimate of drug-likeness (QED) is 0.685. The molecule has 1 aromatic carbocycles. The summed E-state index contributed by atoms with van der Waals surface area (Å²) in [5.74, 6) is 0.868. The van der Waals surface area contributed by atoms with E-state index in [-0.39, 0.29) is 11.8 Å². The monoisotopic (exact) mass is 201 g/mol. The number of ether oxygens (including phenoxy) is 1. The van der Waals surface area contributed by atoms with Crippen molar-refractivity contribution in [2.45, 2.75) is 6.04 Å². The molecule has 15 heavy (non-hydrogen) atoms. The van der Waals surface area contributed by atoms with E-state index < -0.39 is 0 Å². The van der Waals surface area contributed by atoms with Gasteiger partial charge in [0.05, 0.1) is 0 Å². The molecule has 0 amide bonds. The Labute approximate surface area is 87.7 Å². The third-order valence-corrected chi connectivity index (χ3v) is 2.79. The first-order valence-electron chi connectivity index (χ1n) is 5.07. The molecule has 3 heteroatoms. The lowest BCUT2D eigenvalue weighted by Gasteiger charge is -2.29. The van der Waals surface area contributed by atoms with Crippen LogP contribution in [0.25, 0.3) is 6.08 Å². The zero-order valence-electron chi connectivity index (χ0n) is 8.19. The Balaban J connectivity index is 2.13. The fraction of sp³-hybridized carbons (Fsp3) is 0.250. The standard InChI is InChI=1S/C12H11NO2/c14-12-9-4-2-1-3-8(9)7-10-11(12)13-5-6-15-10/h1-4,7,11,13H,5-6H2. The third kappa shape index (κ3) is 1.27. The van der Waals surface area contributed by atoms with E-state index in [4.69, 9.17) is 4.74 Å². The van der Waals surface area contributed by atoms with Crippen molar-refractivity contribution < 1.29 is 9.53 Å². The number of nitrogens with one attached hydrogen (secondary N) is 1. The van der Waals surface area contributed by atoms with Crippen molar-refractivity contribution in [3.63, 3.8) is 0 Å². The molecule has 76 valence electrons. The molecule has 1 saturated heterocycles. The van der Waals surface area contributed by atoms with E-state index in [1.165, 1.54) is 0 Å². The number of Topliss-reactive ketones (excluding diaryl/α,β-unsaturated/α-hetero) is 1. The van der Waals surface area contributed by atoms with Gasteiger partial charge in [-0.05, 0) is 11.6 Å². The van der Waals surface area contributed by atoms with Crippen molar-refractivity contribution >= 4 is 11.9 Å². The number of carbonyl (C=O) groups is 1. The molecule has 2 aliphatic rings. The molecule has 1 unspecified atom stereocenters. The molecule has 3 rings (SSSR count). The van der Waals surface area contributed by atoms with E-state index in [0.717, 1.165) is 23.4 Å². The normalized spacial score (nSPS) is 23.6. The SMILES string of the molecule is O=C1c2ccccc2C=C2OCCNC12. The molecule has 3 nitrogen and oxygen atoms in total. The minimum atomic E-state index is -0.270. The predicted octanol–water partition coefficient (Wildman–Crippen LogP) is 1.21. The molecule has 1 N–H and O–H groups in total. The van der Waals surface area contributed by atoms with Gasteiger partial charge in [-0.25, -0.2) is 0 Å². The Morgan fingerprint density at radius 1 is 1.33 bits per heavy atom. The van der Waals surface area contributed by atoms with Crippen LogP contribution in [0.15, 0.2) is 30.0 Å². The number of hydrogen-bond donors (Lipinski definition) is 1. The van der Waals surface area contributed by atoms with Crippen LogP contribution in [0, 0.1) is 0 Å². The molecular formula is C12H11NO2. The second-order valence-electron chi connectivity index (χ2n) is 3.73. The number of ketones is 1. The highest BCUT2D eigenvalue weighted by molar-refractivity contribution is 6.07. The third-order valence-electron chi connectivity index (χ3n) is 2.79. The fourth-order valence-corrected chi connectivity index (χ4v) is 2.06. The predicted molar refractivity (Wildman–Crippen MR) is 56.5 cm³/mol. The maximum absolute atomic E-state index is 12.1. The van der Waals surface area contributed by atoms with Gasteiger partial charge in [0.1, 0.15) is 18.4 Å². The molecule has 0 spiro atoms. The molecular weight excluding hydrogens is 190 g/mol. The first kappa shape index (κ1) is 8.68. The zero-order valence-corrected chi connectivity index (χ0v) is 8.19. The van der Waals surface area contributed by atoms with Crippen molar-refractivity contribution in [1.82, 2.24) is 5.32 Å². The van der Waals surface area contributed by atoms with Crippen LogP contribution in [-0.4, -0.2) is 25.0 Å². The van der Waals surface area contributed by atoms with E-state index in [0.29, 0.717) is 6.61 Å². The Hall–Kier alpha value is -1.61. The molecule has 0 bridgehead atoms. The van der Waals surface area contributed by atoms with Crippen molar-refractivity contribution in [2.24, 2.45) is 0 Å². The van der Waals surface area contributed by atoms with Crippen LogP contribution >= 0.6 is 0 Å². The van der Waals surface area contributed by atoms with Crippen molar-refractivity contribution in [3.8, 4) is 0 Å². The van der Waals surface area contributed by atoms with Crippen LogP contribution in [0.1, 0.15) is 15.9 Å². The van der Waals surface area contributed by atoms with Crippen LogP contribution in [0.2, 0.25) is 0 Å². The number of morpholine rings is 1. The Morgan fingerprint density at radius 3 is 3.13 bits per heavy atom. The van der Waals surface area contributed by atoms with Crippen LogP contribution in [0.4, 0.5) is 0 Å². The van der Waals surface area contributed by atoms with Crippen LogP contribution in [-0.2, 0) is 4.74 Å². The highest BCUT2D eigenvalue weighted by Gasteiger charge is 2.32. The Bertz CT molecular complexity index is 451. The summed E-state index contributed by atoms with van der Waals surface area (Å²) in [5.41, 5.74) is 1.74. The second kappa shape index (κ2) is 3.21. The summed E-state index contributed by atoms with van der Waals surface area (Å²) in [6, 6.07) is 7.35. The molecule has 0 radical (unpaired) electrons. The Morgan fingerprint density at radius 2 is 2.20 bits per heavy atom. The molecule has 1 aliphatic carbocycles. The van der Waals surface area contributed by atoms with Gasteiger partial charge in [0, 0.05) is 12.1 Å². The molecule has 1 fully saturated rings. The first-order chi connectivity index (χ1) is 7.36. The van der Waals surface area contributed by atoms with E-state index >= 15 is 0 Å². The maximum atomic E-state index is 12.1. The van der Waals surface area contributed by atoms with Gasteiger partial charge in [0.15, 0.2) is 5.78 Å². The lowest BCUT2D eigenvalue weighted by molar-refractivity contribution is 0.0847. The van der Waals surface area contributed by atoms with Crippen LogP contribution < -0.4 is 5.32 Å². The lowest BCUT2D eigenvalue weighted by Crippen LogP contribution is -2.46. The van der Waals surface area contributed by atoms with Gasteiger partial charge in [-0.1, -0.05) is 24.3 Å².